The van der Waals surface area contributed by atoms with Crippen molar-refractivity contribution >= 4 is 17.7 Å². The highest BCUT2D eigenvalue weighted by atomic mass is 16.1. The normalized spacial score (nSPS) is 9.45. The van der Waals surface area contributed by atoms with Crippen LogP contribution in [0.2, 0.25) is 0 Å². The van der Waals surface area contributed by atoms with E-state index in [2.05, 4.69) is 15.2 Å². The minimum absolute atomic E-state index is 0.0903. The number of nitrogen functional groups attached to an aromatic ring is 2. The van der Waals surface area contributed by atoms with Crippen molar-refractivity contribution in [1.29, 1.82) is 0 Å². The molecule has 0 bridgehead atoms. The third kappa shape index (κ3) is 1.31. The lowest BCUT2D eigenvalue weighted by Crippen LogP contribution is -2.18. The minimum atomic E-state index is -0.775. The topological polar surface area (TPSA) is 134 Å². The summed E-state index contributed by atoms with van der Waals surface area (Å²) in [5.74, 6) is -0.972. The maximum absolute atomic E-state index is 10.5. The van der Waals surface area contributed by atoms with Gasteiger partial charge in [0, 0.05) is 0 Å². The zero-order chi connectivity index (χ0) is 8.43. The molecule has 58 valence electrons. The number of amides is 1. The summed E-state index contributed by atoms with van der Waals surface area (Å²) in [7, 11) is 0. The molecule has 11 heavy (non-hydrogen) atoms. The molecular weight excluding hydrogens is 148 g/mol. The van der Waals surface area contributed by atoms with Crippen molar-refractivity contribution in [3.8, 4) is 0 Å². The average Bonchev–Trinajstić information content (AvgIpc) is 1.85. The maximum atomic E-state index is 10.5. The molecule has 1 heterocycles. The van der Waals surface area contributed by atoms with Gasteiger partial charge in [-0.05, 0) is 0 Å². The number of carbonyl (C=O) groups excluding carboxylic acids is 1. The molecule has 0 aromatic carbocycles. The molecule has 0 saturated carbocycles. The molecular formula is C4H6N6O. The number of hydrogen-bond acceptors (Lipinski definition) is 6. The fourth-order valence-corrected chi connectivity index (χ4v) is 0.527. The van der Waals surface area contributed by atoms with E-state index in [0.717, 1.165) is 0 Å². The van der Waals surface area contributed by atoms with Crippen molar-refractivity contribution in [1.82, 2.24) is 15.2 Å². The lowest BCUT2D eigenvalue weighted by atomic mass is 10.4. The number of aromatic nitrogens is 3. The van der Waals surface area contributed by atoms with Gasteiger partial charge in [0.05, 0.1) is 0 Å². The van der Waals surface area contributed by atoms with Crippen LogP contribution < -0.4 is 17.2 Å². The predicted octanol–water partition coefficient (Wildman–Crippen LogP) is -1.87. The van der Waals surface area contributed by atoms with Gasteiger partial charge in [0.1, 0.15) is 0 Å². The van der Waals surface area contributed by atoms with E-state index in [9.17, 15) is 4.79 Å². The first-order valence-electron chi connectivity index (χ1n) is 2.66. The molecule has 1 rings (SSSR count). The summed E-state index contributed by atoms with van der Waals surface area (Å²) in [5.41, 5.74) is 15.0. The van der Waals surface area contributed by atoms with E-state index in [-0.39, 0.29) is 17.5 Å². The van der Waals surface area contributed by atoms with Gasteiger partial charge in [0.2, 0.25) is 5.95 Å². The van der Waals surface area contributed by atoms with Gasteiger partial charge in [-0.25, -0.2) is 0 Å². The minimum Gasteiger partial charge on any atom is -0.382 e. The third-order valence-electron chi connectivity index (χ3n) is 0.963. The molecule has 0 atom stereocenters. The number of hydrogen-bond donors (Lipinski definition) is 3. The molecule has 1 amide bonds. The van der Waals surface area contributed by atoms with Gasteiger partial charge < -0.3 is 17.2 Å². The van der Waals surface area contributed by atoms with E-state index in [1.807, 2.05) is 0 Å². The predicted molar refractivity (Wildman–Crippen MR) is 37.2 cm³/mol. The second-order valence-corrected chi connectivity index (χ2v) is 1.77. The largest absolute Gasteiger partial charge is 0.382 e. The zero-order valence-corrected chi connectivity index (χ0v) is 5.48. The summed E-state index contributed by atoms with van der Waals surface area (Å²) in [6.45, 7) is 0. The monoisotopic (exact) mass is 154 g/mol. The molecule has 0 aliphatic rings. The molecule has 0 saturated heterocycles. The van der Waals surface area contributed by atoms with Crippen molar-refractivity contribution in [2.45, 2.75) is 0 Å². The van der Waals surface area contributed by atoms with Crippen LogP contribution in [-0.2, 0) is 0 Å². The SMILES string of the molecule is NC(=O)c1nnc(N)nc1N. The van der Waals surface area contributed by atoms with Crippen LogP contribution in [0, 0.1) is 0 Å². The number of nitrogens with zero attached hydrogens (tertiary/aromatic N) is 3. The van der Waals surface area contributed by atoms with Gasteiger partial charge in [-0.15, -0.1) is 10.2 Å². The van der Waals surface area contributed by atoms with Crippen LogP contribution in [-0.4, -0.2) is 21.1 Å². The van der Waals surface area contributed by atoms with Crippen molar-refractivity contribution in [2.75, 3.05) is 11.5 Å². The Hall–Kier alpha value is -1.92. The van der Waals surface area contributed by atoms with E-state index >= 15 is 0 Å². The molecule has 7 nitrogen and oxygen atoms in total. The summed E-state index contributed by atoms with van der Waals surface area (Å²) < 4.78 is 0. The molecule has 0 radical (unpaired) electrons. The first-order chi connectivity index (χ1) is 5.11. The quantitative estimate of drug-likeness (QED) is 0.434. The van der Waals surface area contributed by atoms with E-state index in [1.54, 1.807) is 0 Å². The molecule has 0 fully saturated rings. The smallest absolute Gasteiger partial charge is 0.273 e. The van der Waals surface area contributed by atoms with Crippen molar-refractivity contribution in [3.05, 3.63) is 5.69 Å². The Morgan fingerprint density at radius 3 is 2.36 bits per heavy atom. The molecule has 1 aromatic rings. The van der Waals surface area contributed by atoms with Crippen LogP contribution in [0.4, 0.5) is 11.8 Å². The average molecular weight is 154 g/mol. The summed E-state index contributed by atoms with van der Waals surface area (Å²) in [4.78, 5) is 14.0. The standard InChI is InChI=1S/C4H6N6O/c5-2-1(3(6)11)9-10-4(7)8-2/h(H2,6,11)(H4,5,7,8,10). The van der Waals surface area contributed by atoms with Gasteiger partial charge in [0.15, 0.2) is 11.5 Å². The Morgan fingerprint density at radius 2 is 1.91 bits per heavy atom. The van der Waals surface area contributed by atoms with Crippen LogP contribution >= 0.6 is 0 Å². The molecule has 0 unspecified atom stereocenters. The third-order valence-corrected chi connectivity index (χ3v) is 0.963. The highest BCUT2D eigenvalue weighted by Crippen LogP contribution is 2.02. The summed E-state index contributed by atoms with van der Waals surface area (Å²) in [6.07, 6.45) is 0. The van der Waals surface area contributed by atoms with Gasteiger partial charge in [-0.1, -0.05) is 0 Å². The maximum Gasteiger partial charge on any atom is 0.273 e. The van der Waals surface area contributed by atoms with Crippen molar-refractivity contribution in [3.63, 3.8) is 0 Å². The van der Waals surface area contributed by atoms with Crippen LogP contribution in [0.3, 0.4) is 0 Å². The van der Waals surface area contributed by atoms with Crippen LogP contribution in [0.15, 0.2) is 0 Å². The molecule has 1 aromatic heterocycles. The fraction of sp³-hybridized carbons (Fsp3) is 0. The highest BCUT2D eigenvalue weighted by Gasteiger charge is 2.09. The van der Waals surface area contributed by atoms with E-state index in [1.165, 1.54) is 0 Å². The zero-order valence-electron chi connectivity index (χ0n) is 5.48. The number of nitrogens with two attached hydrogens (primary N) is 3. The van der Waals surface area contributed by atoms with E-state index in [4.69, 9.17) is 17.2 Å². The van der Waals surface area contributed by atoms with Gasteiger partial charge in [0.25, 0.3) is 5.91 Å². The Morgan fingerprint density at radius 1 is 1.27 bits per heavy atom. The summed E-state index contributed by atoms with van der Waals surface area (Å²) in [6, 6.07) is 0. The van der Waals surface area contributed by atoms with E-state index < -0.39 is 5.91 Å². The van der Waals surface area contributed by atoms with Gasteiger partial charge in [-0.3, -0.25) is 4.79 Å². The van der Waals surface area contributed by atoms with Crippen LogP contribution in [0.25, 0.3) is 0 Å². The second-order valence-electron chi connectivity index (χ2n) is 1.77. The Balaban J connectivity index is 3.20. The van der Waals surface area contributed by atoms with Gasteiger partial charge >= 0.3 is 0 Å². The first-order valence-corrected chi connectivity index (χ1v) is 2.66. The number of carbonyl (C=O) groups is 1. The number of anilines is 2. The van der Waals surface area contributed by atoms with Crippen LogP contribution in [0.5, 0.6) is 0 Å². The highest BCUT2D eigenvalue weighted by molar-refractivity contribution is 5.94. The molecule has 0 aliphatic carbocycles. The Labute approximate surface area is 61.6 Å². The second kappa shape index (κ2) is 2.37. The molecule has 6 N–H and O–H groups in total. The van der Waals surface area contributed by atoms with Crippen molar-refractivity contribution < 1.29 is 4.79 Å². The molecule has 0 aliphatic heterocycles. The number of rotatable bonds is 1. The Bertz CT molecular complexity index is 297. The molecule has 0 spiro atoms. The first kappa shape index (κ1) is 7.19. The van der Waals surface area contributed by atoms with Crippen LogP contribution in [0.1, 0.15) is 10.5 Å². The Kier molecular flexibility index (Phi) is 1.55. The number of primary amides is 1. The summed E-state index contributed by atoms with van der Waals surface area (Å²) >= 11 is 0. The lowest BCUT2D eigenvalue weighted by Gasteiger charge is -1.97. The fourth-order valence-electron chi connectivity index (χ4n) is 0.527. The summed E-state index contributed by atoms with van der Waals surface area (Å²) in [5, 5.41) is 6.64. The van der Waals surface area contributed by atoms with E-state index in [0.29, 0.717) is 0 Å². The van der Waals surface area contributed by atoms with Crippen molar-refractivity contribution in [2.24, 2.45) is 5.73 Å². The molecule has 7 heteroatoms. The van der Waals surface area contributed by atoms with Gasteiger partial charge in [-0.2, -0.15) is 4.98 Å². The lowest BCUT2D eigenvalue weighted by molar-refractivity contribution is 0.0995.